The summed E-state index contributed by atoms with van der Waals surface area (Å²) in [6, 6.07) is 2.58. The zero-order chi connectivity index (χ0) is 11.6. The number of ether oxygens (including phenoxy) is 1. The van der Waals surface area contributed by atoms with Gasteiger partial charge in [0.2, 0.25) is 0 Å². The summed E-state index contributed by atoms with van der Waals surface area (Å²) in [7, 11) is 0. The molecule has 0 aliphatic heterocycles. The molecule has 0 radical (unpaired) electrons. The van der Waals surface area contributed by atoms with Gasteiger partial charge in [-0.05, 0) is 44.0 Å². The second-order valence-corrected chi connectivity index (χ2v) is 4.33. The van der Waals surface area contributed by atoms with Gasteiger partial charge in [-0.2, -0.15) is 8.78 Å². The SMILES string of the molecule is FC(Cl)C(F)(F)Oc1ccc(Br)nc1Br. The minimum atomic E-state index is -4.10. The van der Waals surface area contributed by atoms with Gasteiger partial charge in [0.05, 0.1) is 0 Å². The van der Waals surface area contributed by atoms with Crippen molar-refractivity contribution in [3.05, 3.63) is 21.3 Å². The summed E-state index contributed by atoms with van der Waals surface area (Å²) < 4.78 is 42.2. The van der Waals surface area contributed by atoms with E-state index in [9.17, 15) is 13.2 Å². The third-order valence-electron chi connectivity index (χ3n) is 1.28. The van der Waals surface area contributed by atoms with Crippen LogP contribution in [0.3, 0.4) is 0 Å². The number of pyridine rings is 1. The molecule has 1 unspecified atom stereocenters. The molecule has 2 nitrogen and oxygen atoms in total. The molecule has 1 atom stereocenters. The number of alkyl halides is 4. The highest BCUT2D eigenvalue weighted by Crippen LogP contribution is 2.33. The summed E-state index contributed by atoms with van der Waals surface area (Å²) >= 11 is 10.5. The first-order valence-electron chi connectivity index (χ1n) is 3.50. The lowest BCUT2D eigenvalue weighted by molar-refractivity contribution is -0.199. The minimum absolute atomic E-state index is 0.0221. The van der Waals surface area contributed by atoms with Crippen LogP contribution in [0.5, 0.6) is 5.75 Å². The van der Waals surface area contributed by atoms with E-state index in [2.05, 4.69) is 53.2 Å². The Kier molecular flexibility index (Phi) is 4.25. The highest BCUT2D eigenvalue weighted by Gasteiger charge is 2.42. The topological polar surface area (TPSA) is 22.1 Å². The van der Waals surface area contributed by atoms with Gasteiger partial charge in [0, 0.05) is 0 Å². The zero-order valence-electron chi connectivity index (χ0n) is 6.86. The molecule has 8 heteroatoms. The number of hydrogen-bond acceptors (Lipinski definition) is 2. The monoisotopic (exact) mass is 367 g/mol. The second kappa shape index (κ2) is 4.88. The average molecular weight is 369 g/mol. The fourth-order valence-electron chi connectivity index (χ4n) is 0.667. The van der Waals surface area contributed by atoms with Gasteiger partial charge in [0.1, 0.15) is 9.21 Å². The van der Waals surface area contributed by atoms with Crippen molar-refractivity contribution < 1.29 is 17.9 Å². The predicted molar refractivity (Wildman–Crippen MR) is 56.0 cm³/mol. The predicted octanol–water partition coefficient (Wildman–Crippen LogP) is 4.11. The van der Waals surface area contributed by atoms with Crippen LogP contribution in [0, 0.1) is 0 Å². The maximum Gasteiger partial charge on any atom is 0.444 e. The molecule has 0 saturated heterocycles. The number of aromatic nitrogens is 1. The quantitative estimate of drug-likeness (QED) is 0.591. The number of hydrogen-bond donors (Lipinski definition) is 0. The summed E-state index contributed by atoms with van der Waals surface area (Å²) in [5.74, 6) is -0.300. The van der Waals surface area contributed by atoms with Crippen molar-refractivity contribution in [1.82, 2.24) is 4.98 Å². The molecule has 84 valence electrons. The lowest BCUT2D eigenvalue weighted by Crippen LogP contribution is -2.32. The van der Waals surface area contributed by atoms with E-state index in [4.69, 9.17) is 0 Å². The van der Waals surface area contributed by atoms with Gasteiger partial charge in [0.15, 0.2) is 5.75 Å². The molecule has 1 rings (SSSR count). The van der Waals surface area contributed by atoms with Gasteiger partial charge in [-0.1, -0.05) is 11.6 Å². The molecule has 1 aromatic heterocycles. The van der Waals surface area contributed by atoms with Crippen molar-refractivity contribution in [2.75, 3.05) is 0 Å². The first-order chi connectivity index (χ1) is 6.83. The molecule has 15 heavy (non-hydrogen) atoms. The second-order valence-electron chi connectivity index (χ2n) is 2.39. The van der Waals surface area contributed by atoms with Crippen LogP contribution >= 0.6 is 43.5 Å². The van der Waals surface area contributed by atoms with Gasteiger partial charge in [-0.15, -0.1) is 0 Å². The van der Waals surface area contributed by atoms with E-state index < -0.39 is 11.7 Å². The van der Waals surface area contributed by atoms with E-state index in [1.807, 2.05) is 0 Å². The third kappa shape index (κ3) is 3.49. The normalized spacial score (nSPS) is 13.7. The fourth-order valence-corrected chi connectivity index (χ4v) is 1.66. The zero-order valence-corrected chi connectivity index (χ0v) is 10.8. The van der Waals surface area contributed by atoms with Crippen molar-refractivity contribution in [2.24, 2.45) is 0 Å². The molecule has 0 aromatic carbocycles. The molecule has 0 bridgehead atoms. The maximum atomic E-state index is 12.7. The Balaban J connectivity index is 2.90. The fraction of sp³-hybridized carbons (Fsp3) is 0.286. The van der Waals surface area contributed by atoms with Crippen LogP contribution in [0.2, 0.25) is 0 Å². The Morgan fingerprint density at radius 1 is 1.40 bits per heavy atom. The van der Waals surface area contributed by atoms with E-state index in [1.165, 1.54) is 12.1 Å². The van der Waals surface area contributed by atoms with Crippen molar-refractivity contribution in [2.45, 2.75) is 11.7 Å². The van der Waals surface area contributed by atoms with Crippen LogP contribution in [0.1, 0.15) is 0 Å². The van der Waals surface area contributed by atoms with E-state index >= 15 is 0 Å². The molecule has 0 amide bonds. The molecular weight excluding hydrogens is 366 g/mol. The molecular formula is C7H3Br2ClF3NO. The van der Waals surface area contributed by atoms with Gasteiger partial charge in [-0.3, -0.25) is 0 Å². The Bertz CT molecular complexity index is 364. The van der Waals surface area contributed by atoms with Crippen LogP contribution in [-0.4, -0.2) is 16.7 Å². The van der Waals surface area contributed by atoms with Crippen molar-refractivity contribution in [3.63, 3.8) is 0 Å². The summed E-state index contributed by atoms with van der Waals surface area (Å²) in [6.07, 6.45) is -4.10. The summed E-state index contributed by atoms with van der Waals surface area (Å²) in [6.45, 7) is 0. The Labute approximate surface area is 105 Å². The largest absolute Gasteiger partial charge is 0.444 e. The maximum absolute atomic E-state index is 12.7. The van der Waals surface area contributed by atoms with E-state index in [0.717, 1.165) is 0 Å². The van der Waals surface area contributed by atoms with Crippen molar-refractivity contribution in [3.8, 4) is 5.75 Å². The molecule has 0 aliphatic carbocycles. The highest BCUT2D eigenvalue weighted by molar-refractivity contribution is 9.11. The number of rotatable bonds is 3. The lowest BCUT2D eigenvalue weighted by atomic mass is 10.4. The van der Waals surface area contributed by atoms with Crippen molar-refractivity contribution in [1.29, 1.82) is 0 Å². The van der Waals surface area contributed by atoms with Crippen LogP contribution in [-0.2, 0) is 0 Å². The Morgan fingerprint density at radius 2 is 2.00 bits per heavy atom. The van der Waals surface area contributed by atoms with Crippen molar-refractivity contribution >= 4 is 43.5 Å². The van der Waals surface area contributed by atoms with E-state index in [-0.39, 0.29) is 10.4 Å². The standard InChI is InChI=1S/C7H3Br2ClF3NO/c8-4-2-1-3(5(9)14-4)15-7(12,13)6(10)11/h1-2,6H. The minimum Gasteiger partial charge on any atom is -0.427 e. The molecule has 0 spiro atoms. The first kappa shape index (κ1) is 13.1. The van der Waals surface area contributed by atoms with E-state index in [0.29, 0.717) is 4.60 Å². The van der Waals surface area contributed by atoms with Gasteiger partial charge in [0.25, 0.3) is 5.63 Å². The van der Waals surface area contributed by atoms with Gasteiger partial charge >= 0.3 is 6.11 Å². The lowest BCUT2D eigenvalue weighted by Gasteiger charge is -2.18. The average Bonchev–Trinajstić information content (AvgIpc) is 2.09. The Morgan fingerprint density at radius 3 is 2.47 bits per heavy atom. The third-order valence-corrected chi connectivity index (χ3v) is 2.54. The van der Waals surface area contributed by atoms with Crippen LogP contribution in [0.25, 0.3) is 0 Å². The molecule has 0 aliphatic rings. The molecule has 1 heterocycles. The Hall–Kier alpha value is -0.0100. The number of nitrogens with zero attached hydrogens (tertiary/aromatic N) is 1. The first-order valence-corrected chi connectivity index (χ1v) is 5.52. The molecule has 0 fully saturated rings. The summed E-state index contributed by atoms with van der Waals surface area (Å²) in [5.41, 5.74) is -2.92. The number of halogens is 6. The highest BCUT2D eigenvalue weighted by atomic mass is 79.9. The van der Waals surface area contributed by atoms with Crippen LogP contribution in [0.15, 0.2) is 21.3 Å². The smallest absolute Gasteiger partial charge is 0.427 e. The molecule has 1 aromatic rings. The summed E-state index contributed by atoms with van der Waals surface area (Å²) in [5, 5.41) is 0. The molecule has 0 saturated carbocycles. The van der Waals surface area contributed by atoms with Gasteiger partial charge < -0.3 is 4.74 Å². The van der Waals surface area contributed by atoms with Gasteiger partial charge in [-0.25, -0.2) is 9.37 Å². The van der Waals surface area contributed by atoms with Crippen LogP contribution in [0.4, 0.5) is 13.2 Å². The van der Waals surface area contributed by atoms with E-state index in [1.54, 1.807) is 0 Å². The molecule has 0 N–H and O–H groups in total. The summed E-state index contributed by atoms with van der Waals surface area (Å²) in [4.78, 5) is 3.73. The van der Waals surface area contributed by atoms with Crippen LogP contribution < -0.4 is 4.74 Å².